The van der Waals surface area contributed by atoms with E-state index in [1.807, 2.05) is 0 Å². The predicted molar refractivity (Wildman–Crippen MR) is 56.8 cm³/mol. The Bertz CT molecular complexity index is 172. The van der Waals surface area contributed by atoms with Crippen LogP contribution in [0.25, 0.3) is 0 Å². The Kier molecular flexibility index (Phi) is 5.53. The second-order valence-corrected chi connectivity index (χ2v) is 4.40. The van der Waals surface area contributed by atoms with Gasteiger partial charge in [0.1, 0.15) is 6.10 Å². The first-order valence-corrected chi connectivity index (χ1v) is 5.55. The third kappa shape index (κ3) is 4.07. The van der Waals surface area contributed by atoms with Gasteiger partial charge in [-0.1, -0.05) is 13.8 Å². The van der Waals surface area contributed by atoms with Gasteiger partial charge < -0.3 is 19.3 Å². The van der Waals surface area contributed by atoms with Crippen molar-refractivity contribution in [3.63, 3.8) is 0 Å². The molecule has 0 heterocycles. The van der Waals surface area contributed by atoms with Gasteiger partial charge in [0.15, 0.2) is 0 Å². The highest BCUT2D eigenvalue weighted by Crippen LogP contribution is 2.27. The van der Waals surface area contributed by atoms with Crippen LogP contribution in [0.4, 0.5) is 0 Å². The first-order valence-electron chi connectivity index (χ1n) is 5.55. The third-order valence-electron chi connectivity index (χ3n) is 2.46. The maximum atomic E-state index is 9.50. The van der Waals surface area contributed by atoms with E-state index < -0.39 is 0 Å². The Balaban J connectivity index is 2.16. The molecule has 1 rings (SSSR count). The monoisotopic (exact) mass is 218 g/mol. The minimum absolute atomic E-state index is 0.0549. The van der Waals surface area contributed by atoms with Crippen molar-refractivity contribution >= 4 is 0 Å². The van der Waals surface area contributed by atoms with Crippen LogP contribution in [0.1, 0.15) is 20.3 Å². The highest BCUT2D eigenvalue weighted by Gasteiger charge is 2.41. The predicted octanol–water partition coefficient (Wildman–Crippen LogP) is 0.824. The standard InChI is InChI=1S/C11H22O4/c1-8(2)7-15-10-6-9(12)11(10)14-5-4-13-3/h8-12H,4-7H2,1-3H3. The van der Waals surface area contributed by atoms with Crippen molar-refractivity contribution in [3.8, 4) is 0 Å². The van der Waals surface area contributed by atoms with E-state index >= 15 is 0 Å². The van der Waals surface area contributed by atoms with Gasteiger partial charge in [-0.25, -0.2) is 0 Å². The number of ether oxygens (including phenoxy) is 3. The molecule has 1 N–H and O–H groups in total. The molecule has 0 amide bonds. The Hall–Kier alpha value is -0.160. The van der Waals surface area contributed by atoms with Gasteiger partial charge >= 0.3 is 0 Å². The van der Waals surface area contributed by atoms with Gasteiger partial charge in [-0.15, -0.1) is 0 Å². The van der Waals surface area contributed by atoms with E-state index in [9.17, 15) is 5.11 Å². The van der Waals surface area contributed by atoms with Crippen molar-refractivity contribution in [3.05, 3.63) is 0 Å². The molecule has 1 aliphatic carbocycles. The first-order chi connectivity index (χ1) is 7.15. The summed E-state index contributed by atoms with van der Waals surface area (Å²) in [4.78, 5) is 0. The summed E-state index contributed by atoms with van der Waals surface area (Å²) in [6, 6.07) is 0. The topological polar surface area (TPSA) is 47.9 Å². The van der Waals surface area contributed by atoms with Crippen LogP contribution in [-0.4, -0.2) is 50.3 Å². The normalized spacial score (nSPS) is 30.6. The fourth-order valence-electron chi connectivity index (χ4n) is 1.52. The average Bonchev–Trinajstić information content (AvgIpc) is 2.18. The Morgan fingerprint density at radius 1 is 1.27 bits per heavy atom. The summed E-state index contributed by atoms with van der Waals surface area (Å²) in [6.07, 6.45) is 0.196. The number of hydrogen-bond acceptors (Lipinski definition) is 4. The first kappa shape index (κ1) is 12.9. The molecule has 3 unspecified atom stereocenters. The average molecular weight is 218 g/mol. The van der Waals surface area contributed by atoms with Gasteiger partial charge in [0, 0.05) is 20.1 Å². The van der Waals surface area contributed by atoms with Gasteiger partial charge in [-0.2, -0.15) is 0 Å². The highest BCUT2D eigenvalue weighted by atomic mass is 16.6. The van der Waals surface area contributed by atoms with Crippen LogP contribution in [0.15, 0.2) is 0 Å². The second kappa shape index (κ2) is 6.43. The van der Waals surface area contributed by atoms with Crippen LogP contribution in [-0.2, 0) is 14.2 Å². The maximum Gasteiger partial charge on any atom is 0.110 e. The summed E-state index contributed by atoms with van der Waals surface area (Å²) in [6.45, 7) is 6.01. The molecule has 15 heavy (non-hydrogen) atoms. The number of rotatable bonds is 7. The molecule has 0 aromatic rings. The lowest BCUT2D eigenvalue weighted by Crippen LogP contribution is -2.54. The molecule has 4 heteroatoms. The second-order valence-electron chi connectivity index (χ2n) is 4.40. The van der Waals surface area contributed by atoms with Gasteiger partial charge in [0.05, 0.1) is 25.4 Å². The van der Waals surface area contributed by atoms with E-state index in [1.54, 1.807) is 7.11 Å². The van der Waals surface area contributed by atoms with E-state index in [0.717, 1.165) is 6.61 Å². The molecule has 4 nitrogen and oxygen atoms in total. The van der Waals surface area contributed by atoms with Crippen LogP contribution >= 0.6 is 0 Å². The molecule has 0 aromatic heterocycles. The quantitative estimate of drug-likeness (QED) is 0.643. The largest absolute Gasteiger partial charge is 0.390 e. The lowest BCUT2D eigenvalue weighted by atomic mass is 9.88. The fraction of sp³-hybridized carbons (Fsp3) is 1.00. The summed E-state index contributed by atoms with van der Waals surface area (Å²) in [7, 11) is 1.63. The van der Waals surface area contributed by atoms with E-state index in [0.29, 0.717) is 25.6 Å². The van der Waals surface area contributed by atoms with Crippen molar-refractivity contribution in [2.45, 2.75) is 38.6 Å². The van der Waals surface area contributed by atoms with Crippen LogP contribution in [0, 0.1) is 5.92 Å². The Morgan fingerprint density at radius 3 is 2.53 bits per heavy atom. The molecule has 0 aliphatic heterocycles. The molecular formula is C11H22O4. The smallest absolute Gasteiger partial charge is 0.110 e. The Morgan fingerprint density at radius 2 is 2.00 bits per heavy atom. The molecule has 0 radical (unpaired) electrons. The SMILES string of the molecule is COCCOC1C(O)CC1OCC(C)C. The molecule has 1 fully saturated rings. The third-order valence-corrected chi connectivity index (χ3v) is 2.46. The van der Waals surface area contributed by atoms with Crippen LogP contribution in [0.3, 0.4) is 0 Å². The molecule has 0 bridgehead atoms. The van der Waals surface area contributed by atoms with Crippen LogP contribution in [0.5, 0.6) is 0 Å². The summed E-state index contributed by atoms with van der Waals surface area (Å²) in [5.74, 6) is 0.516. The van der Waals surface area contributed by atoms with E-state index in [2.05, 4.69) is 13.8 Å². The minimum Gasteiger partial charge on any atom is -0.390 e. The summed E-state index contributed by atoms with van der Waals surface area (Å²) < 4.78 is 16.0. The molecular weight excluding hydrogens is 196 g/mol. The minimum atomic E-state index is -0.376. The molecule has 1 aliphatic rings. The van der Waals surface area contributed by atoms with Gasteiger partial charge in [-0.3, -0.25) is 0 Å². The zero-order valence-electron chi connectivity index (χ0n) is 9.81. The number of hydrogen-bond donors (Lipinski definition) is 1. The molecule has 0 saturated heterocycles. The van der Waals surface area contributed by atoms with Crippen molar-refractivity contribution in [1.82, 2.24) is 0 Å². The summed E-state index contributed by atoms with van der Waals surface area (Å²) in [5, 5.41) is 9.50. The number of methoxy groups -OCH3 is 1. The zero-order chi connectivity index (χ0) is 11.3. The van der Waals surface area contributed by atoms with Gasteiger partial charge in [0.2, 0.25) is 0 Å². The van der Waals surface area contributed by atoms with Crippen molar-refractivity contribution in [2.75, 3.05) is 26.9 Å². The van der Waals surface area contributed by atoms with Crippen LogP contribution in [0.2, 0.25) is 0 Å². The number of aliphatic hydroxyl groups excluding tert-OH is 1. The molecule has 0 aromatic carbocycles. The molecule has 3 atom stereocenters. The van der Waals surface area contributed by atoms with Gasteiger partial charge in [0.25, 0.3) is 0 Å². The number of aliphatic hydroxyl groups is 1. The fourth-order valence-corrected chi connectivity index (χ4v) is 1.52. The van der Waals surface area contributed by atoms with Gasteiger partial charge in [-0.05, 0) is 5.92 Å². The molecule has 0 spiro atoms. The lowest BCUT2D eigenvalue weighted by Gasteiger charge is -2.41. The van der Waals surface area contributed by atoms with Crippen molar-refractivity contribution in [1.29, 1.82) is 0 Å². The summed E-state index contributed by atoms with van der Waals surface area (Å²) >= 11 is 0. The van der Waals surface area contributed by atoms with Crippen molar-refractivity contribution < 1.29 is 19.3 Å². The van der Waals surface area contributed by atoms with E-state index in [4.69, 9.17) is 14.2 Å². The van der Waals surface area contributed by atoms with Crippen LogP contribution < -0.4 is 0 Å². The highest BCUT2D eigenvalue weighted by molar-refractivity contribution is 4.92. The van der Waals surface area contributed by atoms with E-state index in [-0.39, 0.29) is 18.3 Å². The van der Waals surface area contributed by atoms with Crippen molar-refractivity contribution in [2.24, 2.45) is 5.92 Å². The zero-order valence-corrected chi connectivity index (χ0v) is 9.81. The van der Waals surface area contributed by atoms with E-state index in [1.165, 1.54) is 0 Å². The lowest BCUT2D eigenvalue weighted by molar-refractivity contribution is -0.198. The summed E-state index contributed by atoms with van der Waals surface area (Å²) in [5.41, 5.74) is 0. The maximum absolute atomic E-state index is 9.50. The molecule has 1 saturated carbocycles. The Labute approximate surface area is 91.5 Å². The molecule has 90 valence electrons.